The van der Waals surface area contributed by atoms with Crippen molar-refractivity contribution >= 4 is 22.8 Å². The van der Waals surface area contributed by atoms with Crippen LogP contribution in [0.5, 0.6) is 5.75 Å². The lowest BCUT2D eigenvalue weighted by atomic mass is 9.32. The molecule has 8 nitrogen and oxygen atoms in total. The SMILES string of the molecule is Cn1c(=O)n(C23CC4CC5(N)CC(C2)C53C4)c2nc(Nc3cc4c(cc3F)OCC4)ncc21. The average molecular weight is 449 g/mol. The fraction of sp³-hybridized carbons (Fsp3) is 0.542. The van der Waals surface area contributed by atoms with Crippen molar-refractivity contribution in [3.63, 3.8) is 0 Å². The molecule has 5 atom stereocenters. The number of hydrogen-bond acceptors (Lipinski definition) is 6. The van der Waals surface area contributed by atoms with Crippen LogP contribution in [0, 0.1) is 23.1 Å². The van der Waals surface area contributed by atoms with E-state index in [4.69, 9.17) is 15.5 Å². The monoisotopic (exact) mass is 448 g/mol. The van der Waals surface area contributed by atoms with Crippen LogP contribution in [0.25, 0.3) is 11.2 Å². The van der Waals surface area contributed by atoms with E-state index >= 15 is 0 Å². The van der Waals surface area contributed by atoms with Crippen LogP contribution in [-0.4, -0.2) is 31.2 Å². The second kappa shape index (κ2) is 5.41. The molecule has 0 saturated heterocycles. The van der Waals surface area contributed by atoms with Crippen LogP contribution in [0.2, 0.25) is 0 Å². The number of nitrogens with two attached hydrogens (primary N) is 1. The Hall–Kier alpha value is -2.94. The Balaban J connectivity index is 1.27. The molecule has 3 N–H and O–H groups in total. The minimum atomic E-state index is -0.417. The summed E-state index contributed by atoms with van der Waals surface area (Å²) < 4.78 is 23.7. The van der Waals surface area contributed by atoms with Gasteiger partial charge in [-0.2, -0.15) is 4.98 Å². The molecule has 2 aromatic heterocycles. The highest BCUT2D eigenvalue weighted by molar-refractivity contribution is 5.74. The van der Waals surface area contributed by atoms with Crippen LogP contribution in [-0.2, 0) is 19.0 Å². The van der Waals surface area contributed by atoms with E-state index in [1.807, 2.05) is 4.57 Å². The average Bonchev–Trinajstić information content (AvgIpc) is 3.46. The molecule has 170 valence electrons. The molecule has 3 aromatic rings. The van der Waals surface area contributed by atoms with Crippen molar-refractivity contribution < 1.29 is 9.13 Å². The van der Waals surface area contributed by atoms with Crippen LogP contribution in [0.4, 0.5) is 16.0 Å². The zero-order valence-electron chi connectivity index (χ0n) is 18.4. The van der Waals surface area contributed by atoms with E-state index in [9.17, 15) is 9.18 Å². The lowest BCUT2D eigenvalue weighted by Crippen LogP contribution is -2.82. The third kappa shape index (κ3) is 1.86. The van der Waals surface area contributed by atoms with E-state index in [1.54, 1.807) is 23.9 Å². The molecule has 0 radical (unpaired) electrons. The quantitative estimate of drug-likeness (QED) is 0.639. The molecular formula is C24H25FN6O2. The number of halogens is 1. The van der Waals surface area contributed by atoms with Gasteiger partial charge < -0.3 is 15.8 Å². The van der Waals surface area contributed by atoms with Crippen molar-refractivity contribution in [3.05, 3.63) is 40.2 Å². The molecule has 1 aliphatic heterocycles. The van der Waals surface area contributed by atoms with Crippen LogP contribution in [0.1, 0.15) is 37.7 Å². The number of benzene rings is 1. The van der Waals surface area contributed by atoms with Crippen LogP contribution < -0.4 is 21.5 Å². The third-order valence-corrected chi connectivity index (χ3v) is 9.76. The number of anilines is 2. The van der Waals surface area contributed by atoms with Crippen molar-refractivity contribution in [2.45, 2.75) is 49.6 Å². The van der Waals surface area contributed by atoms with E-state index < -0.39 is 5.82 Å². The first-order valence-corrected chi connectivity index (χ1v) is 11.8. The molecule has 1 aromatic carbocycles. The number of hydrogen-bond donors (Lipinski definition) is 2. The van der Waals surface area contributed by atoms with E-state index in [2.05, 4.69) is 10.3 Å². The maximum Gasteiger partial charge on any atom is 0.330 e. The number of rotatable bonds is 3. The van der Waals surface area contributed by atoms with Gasteiger partial charge >= 0.3 is 5.69 Å². The van der Waals surface area contributed by atoms with Gasteiger partial charge in [0.05, 0.1) is 24.0 Å². The summed E-state index contributed by atoms with van der Waals surface area (Å²) in [5.74, 6) is 1.64. The Labute approximate surface area is 189 Å². The van der Waals surface area contributed by atoms with Crippen LogP contribution in [0.3, 0.4) is 0 Å². The molecule has 4 saturated carbocycles. The van der Waals surface area contributed by atoms with Crippen molar-refractivity contribution in [2.24, 2.45) is 30.0 Å². The molecule has 5 aliphatic rings. The summed E-state index contributed by atoms with van der Waals surface area (Å²) in [6.07, 6.45) is 7.67. The number of fused-ring (bicyclic) bond motifs is 3. The van der Waals surface area contributed by atoms with E-state index in [0.717, 1.165) is 44.1 Å². The standard InChI is InChI=1S/C24H25FN6O2/c1-30-17-11-27-20(28-16-4-13-2-3-33-18(13)5-15(16)25)29-19(17)31(21(30)32)23-7-12-6-22(26)9-14(10-23)24(22,23)8-12/h4-5,11-12,14H,2-3,6-10,26H2,1H3,(H,27,28,29). The summed E-state index contributed by atoms with van der Waals surface area (Å²) in [4.78, 5) is 22.7. The van der Waals surface area contributed by atoms with E-state index in [0.29, 0.717) is 41.0 Å². The van der Waals surface area contributed by atoms with Crippen molar-refractivity contribution in [2.75, 3.05) is 11.9 Å². The minimum Gasteiger partial charge on any atom is -0.493 e. The highest BCUT2D eigenvalue weighted by Crippen LogP contribution is 2.85. The lowest BCUT2D eigenvalue weighted by Gasteiger charge is -2.76. The second-order valence-corrected chi connectivity index (χ2v) is 11.0. The summed E-state index contributed by atoms with van der Waals surface area (Å²) in [7, 11) is 1.77. The topological polar surface area (TPSA) is 100.0 Å². The molecule has 9 heteroatoms. The maximum atomic E-state index is 14.7. The molecule has 1 spiro atoms. The molecule has 4 fully saturated rings. The Kier molecular flexibility index (Phi) is 3.03. The van der Waals surface area contributed by atoms with Gasteiger partial charge in [-0.05, 0) is 55.6 Å². The maximum absolute atomic E-state index is 14.7. The van der Waals surface area contributed by atoms with Crippen LogP contribution in [0.15, 0.2) is 23.1 Å². The summed E-state index contributed by atoms with van der Waals surface area (Å²) in [6, 6.07) is 3.16. The van der Waals surface area contributed by atoms with Gasteiger partial charge in [0, 0.05) is 30.5 Å². The Morgan fingerprint density at radius 2 is 2.12 bits per heavy atom. The van der Waals surface area contributed by atoms with Gasteiger partial charge in [0.1, 0.15) is 17.1 Å². The molecule has 4 aliphatic carbocycles. The zero-order chi connectivity index (χ0) is 22.3. The largest absolute Gasteiger partial charge is 0.493 e. The summed E-state index contributed by atoms with van der Waals surface area (Å²) in [6.45, 7) is 0.561. The minimum absolute atomic E-state index is 0.0212. The van der Waals surface area contributed by atoms with Crippen LogP contribution >= 0.6 is 0 Å². The number of nitrogens with one attached hydrogen (secondary N) is 1. The Bertz CT molecular complexity index is 1460. The van der Waals surface area contributed by atoms with Gasteiger partial charge in [-0.1, -0.05) is 0 Å². The number of aromatic nitrogens is 4. The third-order valence-electron chi connectivity index (χ3n) is 9.76. The van der Waals surface area contributed by atoms with Gasteiger partial charge in [0.25, 0.3) is 0 Å². The smallest absolute Gasteiger partial charge is 0.330 e. The highest BCUT2D eigenvalue weighted by atomic mass is 19.1. The predicted molar refractivity (Wildman–Crippen MR) is 119 cm³/mol. The first kappa shape index (κ1) is 18.5. The normalized spacial score (nSPS) is 36.8. The van der Waals surface area contributed by atoms with E-state index in [1.165, 1.54) is 6.07 Å². The fourth-order valence-electron chi connectivity index (χ4n) is 8.73. The molecule has 33 heavy (non-hydrogen) atoms. The van der Waals surface area contributed by atoms with Gasteiger partial charge in [-0.15, -0.1) is 0 Å². The first-order chi connectivity index (χ1) is 15.9. The number of imidazole rings is 1. The van der Waals surface area contributed by atoms with Gasteiger partial charge in [-0.25, -0.2) is 14.2 Å². The summed E-state index contributed by atoms with van der Waals surface area (Å²) in [5.41, 5.74) is 9.02. The van der Waals surface area contributed by atoms with Crippen molar-refractivity contribution in [1.29, 1.82) is 0 Å². The number of aryl methyl sites for hydroxylation is 1. The highest BCUT2D eigenvalue weighted by Gasteiger charge is 2.86. The number of nitrogens with zero attached hydrogens (tertiary/aromatic N) is 4. The molecule has 0 amide bonds. The molecular weight excluding hydrogens is 423 g/mol. The number of ether oxygens (including phenoxy) is 1. The molecule has 2 bridgehead atoms. The predicted octanol–water partition coefficient (Wildman–Crippen LogP) is 2.56. The molecule has 3 heterocycles. The van der Waals surface area contributed by atoms with Gasteiger partial charge in [-0.3, -0.25) is 9.13 Å². The van der Waals surface area contributed by atoms with Gasteiger partial charge in [0.15, 0.2) is 5.65 Å². The Morgan fingerprint density at radius 3 is 2.94 bits per heavy atom. The summed E-state index contributed by atoms with van der Waals surface area (Å²) in [5, 5.41) is 3.04. The Morgan fingerprint density at radius 1 is 1.24 bits per heavy atom. The van der Waals surface area contributed by atoms with Gasteiger partial charge in [0.2, 0.25) is 5.95 Å². The zero-order valence-corrected chi connectivity index (χ0v) is 18.4. The molecule has 5 unspecified atom stereocenters. The second-order valence-electron chi connectivity index (χ2n) is 11.0. The summed E-state index contributed by atoms with van der Waals surface area (Å²) >= 11 is 0. The molecule has 8 rings (SSSR count). The fourth-order valence-corrected chi connectivity index (χ4v) is 8.73. The van der Waals surface area contributed by atoms with E-state index in [-0.39, 0.29) is 28.1 Å². The first-order valence-electron chi connectivity index (χ1n) is 11.8. The lowest BCUT2D eigenvalue weighted by molar-refractivity contribution is -0.243. The van der Waals surface area contributed by atoms with Crippen molar-refractivity contribution in [3.8, 4) is 5.75 Å². The van der Waals surface area contributed by atoms with Crippen molar-refractivity contribution in [1.82, 2.24) is 19.1 Å².